The first-order valence-corrected chi connectivity index (χ1v) is 19.5. The number of rotatable bonds is 10. The fourth-order valence-corrected chi connectivity index (χ4v) is 8.84. The SMILES string of the molecule is Cc1cc(OCCCc2c3n(c4c(-c5c(C)nn(C)c5C)c(Cl)ccc24)[C@H](C)CN(c2cccc4cc(C(N)=O)n(Cc5ccccn5)c24)C3=O)cc(C)c1Cl. The number of benzene rings is 3. The molecule has 0 fully saturated rings. The molecule has 5 heterocycles. The number of halogens is 2. The zero-order valence-corrected chi connectivity index (χ0v) is 33.8. The highest BCUT2D eigenvalue weighted by atomic mass is 35.5. The van der Waals surface area contributed by atoms with Gasteiger partial charge in [0.1, 0.15) is 17.1 Å². The molecule has 4 aromatic heterocycles. The smallest absolute Gasteiger partial charge is 0.275 e. The van der Waals surface area contributed by atoms with Crippen molar-refractivity contribution >= 4 is 62.5 Å². The average molecular weight is 789 g/mol. The van der Waals surface area contributed by atoms with E-state index in [0.29, 0.717) is 54.6 Å². The van der Waals surface area contributed by atoms with Gasteiger partial charge in [-0.3, -0.25) is 19.3 Å². The molecule has 0 unspecified atom stereocenters. The van der Waals surface area contributed by atoms with Crippen molar-refractivity contribution in [2.24, 2.45) is 12.8 Å². The molecule has 0 bridgehead atoms. The quantitative estimate of drug-likeness (QED) is 0.139. The van der Waals surface area contributed by atoms with Crippen LogP contribution in [0.5, 0.6) is 5.75 Å². The standard InChI is InChI=1S/C44H43Cl2N7O3/c1-24-19-31(20-25(2)39(24)46)56-18-10-13-32-33-15-16-34(45)38(37-27(4)49-50(6)28(37)5)41(33)53-26(3)22-52(44(55)42(32)53)35-14-9-11-29-21-36(43(47)54)51(40(29)35)23-30-12-7-8-17-48-30/h7-9,11-12,14-17,19-21,26H,10,13,18,22-23H2,1-6H3,(H2,47,54)/t26-/m1/s1. The maximum absolute atomic E-state index is 15.3. The lowest BCUT2D eigenvalue weighted by Gasteiger charge is -2.35. The highest BCUT2D eigenvalue weighted by Gasteiger charge is 2.38. The monoisotopic (exact) mass is 787 g/mol. The van der Waals surface area contributed by atoms with Gasteiger partial charge in [0.05, 0.1) is 46.3 Å². The summed E-state index contributed by atoms with van der Waals surface area (Å²) in [6.07, 6.45) is 2.95. The van der Waals surface area contributed by atoms with E-state index in [2.05, 4.69) is 16.5 Å². The molecular weight excluding hydrogens is 745 g/mol. The summed E-state index contributed by atoms with van der Waals surface area (Å²) in [6.45, 7) is 11.2. The number of para-hydroxylation sites is 1. The van der Waals surface area contributed by atoms with Crippen molar-refractivity contribution in [2.75, 3.05) is 18.1 Å². The van der Waals surface area contributed by atoms with E-state index in [0.717, 1.165) is 77.5 Å². The first kappa shape index (κ1) is 37.3. The van der Waals surface area contributed by atoms with Gasteiger partial charge < -0.3 is 24.5 Å². The molecule has 2 amide bonds. The molecule has 1 atom stereocenters. The summed E-state index contributed by atoms with van der Waals surface area (Å²) in [4.78, 5) is 34.6. The van der Waals surface area contributed by atoms with Crippen LogP contribution in [0.3, 0.4) is 0 Å². The van der Waals surface area contributed by atoms with Crippen LogP contribution in [0.1, 0.15) is 74.1 Å². The Bertz CT molecular complexity index is 2690. The lowest BCUT2D eigenvalue weighted by molar-refractivity contribution is 0.0956. The number of carbonyl (C=O) groups excluding carboxylic acids is 2. The van der Waals surface area contributed by atoms with E-state index < -0.39 is 5.91 Å². The van der Waals surface area contributed by atoms with Crippen molar-refractivity contribution in [3.8, 4) is 16.9 Å². The molecule has 1 aliphatic rings. The Kier molecular flexibility index (Phi) is 9.66. The summed E-state index contributed by atoms with van der Waals surface area (Å²) in [5.41, 5.74) is 16.6. The van der Waals surface area contributed by atoms with Crippen LogP contribution in [-0.2, 0) is 20.0 Å². The Hall–Kier alpha value is -5.58. The Balaban J connectivity index is 1.28. The van der Waals surface area contributed by atoms with Crippen molar-refractivity contribution in [3.63, 3.8) is 0 Å². The van der Waals surface area contributed by atoms with Gasteiger partial charge in [-0.05, 0) is 107 Å². The van der Waals surface area contributed by atoms with E-state index in [1.807, 2.05) is 110 Å². The number of nitrogens with zero attached hydrogens (tertiary/aromatic N) is 6. The second kappa shape index (κ2) is 14.5. The predicted octanol–water partition coefficient (Wildman–Crippen LogP) is 9.31. The van der Waals surface area contributed by atoms with Crippen molar-refractivity contribution in [2.45, 2.75) is 60.0 Å². The molecule has 0 radical (unpaired) electrons. The van der Waals surface area contributed by atoms with Gasteiger partial charge in [-0.2, -0.15) is 5.10 Å². The molecule has 8 rings (SSSR count). The molecule has 286 valence electrons. The molecule has 0 saturated carbocycles. The Morgan fingerprint density at radius 2 is 1.73 bits per heavy atom. The fourth-order valence-electron chi connectivity index (χ4n) is 8.48. The minimum Gasteiger partial charge on any atom is -0.494 e. The fraction of sp³-hybridized carbons (Fsp3) is 0.273. The molecule has 12 heteroatoms. The van der Waals surface area contributed by atoms with E-state index in [4.69, 9.17) is 38.8 Å². The van der Waals surface area contributed by atoms with Gasteiger partial charge in [0.25, 0.3) is 11.8 Å². The van der Waals surface area contributed by atoms with Crippen molar-refractivity contribution in [1.29, 1.82) is 0 Å². The first-order valence-electron chi connectivity index (χ1n) is 18.7. The van der Waals surface area contributed by atoms with Crippen molar-refractivity contribution < 1.29 is 14.3 Å². The zero-order valence-electron chi connectivity index (χ0n) is 32.3. The molecular formula is C44H43Cl2N7O3. The number of nitrogens with two attached hydrogens (primary N) is 1. The van der Waals surface area contributed by atoms with E-state index in [-0.39, 0.29) is 11.9 Å². The number of amides is 2. The molecule has 1 aliphatic heterocycles. The van der Waals surface area contributed by atoms with E-state index >= 15 is 4.79 Å². The van der Waals surface area contributed by atoms with Crippen LogP contribution in [0.15, 0.2) is 72.9 Å². The molecule has 0 spiro atoms. The lowest BCUT2D eigenvalue weighted by Crippen LogP contribution is -2.43. The van der Waals surface area contributed by atoms with Crippen molar-refractivity contribution in [1.82, 2.24) is 23.9 Å². The average Bonchev–Trinajstić information content (AvgIpc) is 3.79. The van der Waals surface area contributed by atoms with Gasteiger partial charge >= 0.3 is 0 Å². The third kappa shape index (κ3) is 6.21. The molecule has 10 nitrogen and oxygen atoms in total. The number of hydrogen-bond donors (Lipinski definition) is 1. The minimum atomic E-state index is -0.555. The van der Waals surface area contributed by atoms with E-state index in [1.54, 1.807) is 12.3 Å². The zero-order chi connectivity index (χ0) is 39.6. The van der Waals surface area contributed by atoms with Gasteiger partial charge in [0.2, 0.25) is 0 Å². The molecule has 3 aromatic carbocycles. The van der Waals surface area contributed by atoms with Crippen LogP contribution in [0.25, 0.3) is 32.9 Å². The molecule has 0 aliphatic carbocycles. The van der Waals surface area contributed by atoms with Gasteiger partial charge in [-0.15, -0.1) is 0 Å². The molecule has 2 N–H and O–H groups in total. The van der Waals surface area contributed by atoms with Gasteiger partial charge in [0, 0.05) is 58.4 Å². The van der Waals surface area contributed by atoms with Gasteiger partial charge in [-0.25, -0.2) is 0 Å². The third-order valence-electron chi connectivity index (χ3n) is 11.1. The van der Waals surface area contributed by atoms with Gasteiger partial charge in [-0.1, -0.05) is 47.5 Å². The van der Waals surface area contributed by atoms with Gasteiger partial charge in [0.15, 0.2) is 0 Å². The molecule has 0 saturated heterocycles. The van der Waals surface area contributed by atoms with Crippen LogP contribution in [0, 0.1) is 27.7 Å². The third-order valence-corrected chi connectivity index (χ3v) is 12.0. The first-order chi connectivity index (χ1) is 26.8. The number of pyridine rings is 1. The summed E-state index contributed by atoms with van der Waals surface area (Å²) < 4.78 is 12.2. The number of primary amides is 1. The van der Waals surface area contributed by atoms with Crippen LogP contribution in [0.2, 0.25) is 10.0 Å². The summed E-state index contributed by atoms with van der Waals surface area (Å²) in [5.74, 6) is 0.0673. The summed E-state index contributed by atoms with van der Waals surface area (Å²) in [7, 11) is 1.93. The Morgan fingerprint density at radius 3 is 2.41 bits per heavy atom. The number of ether oxygens (including phenoxy) is 1. The highest BCUT2D eigenvalue weighted by molar-refractivity contribution is 6.35. The van der Waals surface area contributed by atoms with E-state index in [1.165, 1.54) is 0 Å². The van der Waals surface area contributed by atoms with Crippen LogP contribution < -0.4 is 15.4 Å². The Morgan fingerprint density at radius 1 is 0.964 bits per heavy atom. The molecule has 56 heavy (non-hydrogen) atoms. The van der Waals surface area contributed by atoms with E-state index in [9.17, 15) is 4.79 Å². The van der Waals surface area contributed by atoms with Crippen LogP contribution >= 0.6 is 23.2 Å². The summed E-state index contributed by atoms with van der Waals surface area (Å²) in [6, 6.07) is 21.0. The van der Waals surface area contributed by atoms with Crippen LogP contribution in [-0.4, -0.2) is 48.9 Å². The number of anilines is 1. The lowest BCUT2D eigenvalue weighted by atomic mass is 9.98. The summed E-state index contributed by atoms with van der Waals surface area (Å²) >= 11 is 13.6. The van der Waals surface area contributed by atoms with Crippen LogP contribution in [0.4, 0.5) is 5.69 Å². The second-order valence-corrected chi connectivity index (χ2v) is 15.6. The number of hydrogen-bond acceptors (Lipinski definition) is 5. The number of aromatic nitrogens is 5. The topological polar surface area (TPSA) is 113 Å². The summed E-state index contributed by atoms with van der Waals surface area (Å²) in [5, 5.41) is 7.84. The maximum atomic E-state index is 15.3. The second-order valence-electron chi connectivity index (χ2n) is 14.8. The highest BCUT2D eigenvalue weighted by Crippen LogP contribution is 2.46. The number of fused-ring (bicyclic) bond motifs is 4. The maximum Gasteiger partial charge on any atom is 0.275 e. The Labute approximate surface area is 335 Å². The van der Waals surface area contributed by atoms with Crippen molar-refractivity contribution in [3.05, 3.63) is 128 Å². The number of carbonyl (C=O) groups is 2. The predicted molar refractivity (Wildman–Crippen MR) is 224 cm³/mol. The minimum absolute atomic E-state index is 0.139. The largest absolute Gasteiger partial charge is 0.494 e. The molecule has 7 aromatic rings. The number of aryl methyl sites for hydroxylation is 5. The normalized spacial score (nSPS) is 14.2.